The van der Waals surface area contributed by atoms with Crippen LogP contribution in [0.15, 0.2) is 0 Å². The molecular weight excluding hydrogens is 232 g/mol. The molecule has 1 aliphatic rings. The molecule has 0 radical (unpaired) electrons. The van der Waals surface area contributed by atoms with Gasteiger partial charge < -0.3 is 15.7 Å². The molecule has 3 N–H and O–H groups in total. The molecule has 5 nitrogen and oxygen atoms in total. The lowest BCUT2D eigenvalue weighted by Crippen LogP contribution is -2.44. The maximum atomic E-state index is 11.6. The predicted molar refractivity (Wildman–Crippen MR) is 69.2 cm³/mol. The Morgan fingerprint density at radius 2 is 1.94 bits per heavy atom. The standard InChI is InChI=1S/C13H24N2O3/c1-13(2,3)15-8-11(16)14-7-9-5-4-6-10(9)12(17)18/h9-10,15H,4-8H2,1-3H3,(H,14,16)(H,17,18). The van der Waals surface area contributed by atoms with Crippen LogP contribution in [0.5, 0.6) is 0 Å². The fraction of sp³-hybridized carbons (Fsp3) is 0.846. The van der Waals surface area contributed by atoms with E-state index in [0.29, 0.717) is 6.54 Å². The van der Waals surface area contributed by atoms with E-state index in [-0.39, 0.29) is 29.8 Å². The highest BCUT2D eigenvalue weighted by Gasteiger charge is 2.32. The summed E-state index contributed by atoms with van der Waals surface area (Å²) in [4.78, 5) is 22.6. The van der Waals surface area contributed by atoms with Crippen LogP contribution in [0.4, 0.5) is 0 Å². The van der Waals surface area contributed by atoms with Gasteiger partial charge in [0, 0.05) is 12.1 Å². The van der Waals surface area contributed by atoms with Crippen LogP contribution in [0.25, 0.3) is 0 Å². The molecule has 0 bridgehead atoms. The van der Waals surface area contributed by atoms with Crippen molar-refractivity contribution in [2.24, 2.45) is 11.8 Å². The monoisotopic (exact) mass is 256 g/mol. The van der Waals surface area contributed by atoms with Crippen molar-refractivity contribution in [3.63, 3.8) is 0 Å². The molecule has 104 valence electrons. The molecule has 0 aromatic rings. The number of hydrogen-bond donors (Lipinski definition) is 3. The summed E-state index contributed by atoms with van der Waals surface area (Å²) in [7, 11) is 0. The second-order valence-electron chi connectivity index (χ2n) is 6.04. The highest BCUT2D eigenvalue weighted by molar-refractivity contribution is 5.78. The van der Waals surface area contributed by atoms with Gasteiger partial charge in [0.25, 0.3) is 0 Å². The largest absolute Gasteiger partial charge is 0.481 e. The zero-order chi connectivity index (χ0) is 13.8. The fourth-order valence-electron chi connectivity index (χ4n) is 2.26. The number of rotatable bonds is 5. The molecule has 0 aromatic heterocycles. The molecule has 18 heavy (non-hydrogen) atoms. The lowest BCUT2D eigenvalue weighted by atomic mass is 9.96. The van der Waals surface area contributed by atoms with E-state index in [1.165, 1.54) is 0 Å². The number of carbonyl (C=O) groups is 2. The smallest absolute Gasteiger partial charge is 0.306 e. The van der Waals surface area contributed by atoms with Gasteiger partial charge in [-0.3, -0.25) is 9.59 Å². The Morgan fingerprint density at radius 1 is 1.28 bits per heavy atom. The highest BCUT2D eigenvalue weighted by Crippen LogP contribution is 2.31. The number of carboxylic acids is 1. The van der Waals surface area contributed by atoms with Gasteiger partial charge in [-0.1, -0.05) is 6.42 Å². The normalized spacial score (nSPS) is 23.9. The van der Waals surface area contributed by atoms with Crippen LogP contribution in [0, 0.1) is 11.8 Å². The minimum atomic E-state index is -0.737. The van der Waals surface area contributed by atoms with E-state index in [9.17, 15) is 9.59 Å². The number of aliphatic carboxylic acids is 1. The van der Waals surface area contributed by atoms with Crippen molar-refractivity contribution < 1.29 is 14.7 Å². The molecule has 2 unspecified atom stereocenters. The van der Waals surface area contributed by atoms with Gasteiger partial charge >= 0.3 is 5.97 Å². The van der Waals surface area contributed by atoms with E-state index in [4.69, 9.17) is 5.11 Å². The Labute approximate surface area is 108 Å². The van der Waals surface area contributed by atoms with Crippen molar-refractivity contribution in [1.82, 2.24) is 10.6 Å². The molecule has 0 heterocycles. The average molecular weight is 256 g/mol. The Bertz CT molecular complexity index is 310. The molecule has 1 amide bonds. The van der Waals surface area contributed by atoms with Gasteiger partial charge in [-0.15, -0.1) is 0 Å². The molecule has 1 rings (SSSR count). The Morgan fingerprint density at radius 3 is 2.50 bits per heavy atom. The van der Waals surface area contributed by atoms with E-state index in [2.05, 4.69) is 10.6 Å². The maximum Gasteiger partial charge on any atom is 0.306 e. The molecular formula is C13H24N2O3. The van der Waals surface area contributed by atoms with E-state index < -0.39 is 5.97 Å². The Kier molecular flexibility index (Phi) is 5.14. The van der Waals surface area contributed by atoms with Crippen molar-refractivity contribution in [3.8, 4) is 0 Å². The summed E-state index contributed by atoms with van der Waals surface area (Å²) in [5, 5.41) is 15.0. The summed E-state index contributed by atoms with van der Waals surface area (Å²) in [5.74, 6) is -1.01. The first-order chi connectivity index (χ1) is 8.29. The number of carbonyl (C=O) groups excluding carboxylic acids is 1. The van der Waals surface area contributed by atoms with Crippen LogP contribution in [-0.2, 0) is 9.59 Å². The van der Waals surface area contributed by atoms with Gasteiger partial charge in [0.1, 0.15) is 0 Å². The number of hydrogen-bond acceptors (Lipinski definition) is 3. The van der Waals surface area contributed by atoms with E-state index in [0.717, 1.165) is 19.3 Å². The third kappa shape index (κ3) is 5.04. The summed E-state index contributed by atoms with van der Waals surface area (Å²) in [6.45, 7) is 6.74. The lowest BCUT2D eigenvalue weighted by Gasteiger charge is -2.21. The van der Waals surface area contributed by atoms with Gasteiger partial charge in [0.2, 0.25) is 5.91 Å². The molecule has 0 aromatic carbocycles. The summed E-state index contributed by atoms with van der Waals surface area (Å²) < 4.78 is 0. The fourth-order valence-corrected chi connectivity index (χ4v) is 2.26. The third-order valence-electron chi connectivity index (χ3n) is 3.32. The second kappa shape index (κ2) is 6.18. The SMILES string of the molecule is CC(C)(C)NCC(=O)NCC1CCCC1C(=O)O. The molecule has 1 saturated carbocycles. The van der Waals surface area contributed by atoms with Crippen LogP contribution in [0.2, 0.25) is 0 Å². The topological polar surface area (TPSA) is 78.4 Å². The van der Waals surface area contributed by atoms with Gasteiger partial charge in [0.05, 0.1) is 12.5 Å². The summed E-state index contributed by atoms with van der Waals surface area (Å²) in [6, 6.07) is 0. The lowest BCUT2D eigenvalue weighted by molar-refractivity contribution is -0.143. The van der Waals surface area contributed by atoms with Gasteiger partial charge in [-0.25, -0.2) is 0 Å². The molecule has 5 heteroatoms. The Balaban J connectivity index is 2.28. The summed E-state index contributed by atoms with van der Waals surface area (Å²) >= 11 is 0. The minimum Gasteiger partial charge on any atom is -0.481 e. The van der Waals surface area contributed by atoms with Crippen molar-refractivity contribution in [3.05, 3.63) is 0 Å². The number of carboxylic acid groups (broad SMARTS) is 1. The third-order valence-corrected chi connectivity index (χ3v) is 3.32. The Hall–Kier alpha value is -1.10. The summed E-state index contributed by atoms with van der Waals surface area (Å²) in [6.07, 6.45) is 2.57. The van der Waals surface area contributed by atoms with Crippen LogP contribution in [0.3, 0.4) is 0 Å². The van der Waals surface area contributed by atoms with E-state index in [1.54, 1.807) is 0 Å². The molecule has 2 atom stereocenters. The first-order valence-electron chi connectivity index (χ1n) is 6.54. The molecule has 0 spiro atoms. The quantitative estimate of drug-likeness (QED) is 0.685. The predicted octanol–water partition coefficient (Wildman–Crippen LogP) is 0.992. The van der Waals surface area contributed by atoms with Gasteiger partial charge in [-0.2, -0.15) is 0 Å². The second-order valence-corrected chi connectivity index (χ2v) is 6.04. The van der Waals surface area contributed by atoms with Crippen molar-refractivity contribution in [1.29, 1.82) is 0 Å². The van der Waals surface area contributed by atoms with Gasteiger partial charge in [-0.05, 0) is 39.5 Å². The zero-order valence-corrected chi connectivity index (χ0v) is 11.5. The van der Waals surface area contributed by atoms with Crippen molar-refractivity contribution in [2.45, 2.75) is 45.6 Å². The van der Waals surface area contributed by atoms with Crippen molar-refractivity contribution >= 4 is 11.9 Å². The van der Waals surface area contributed by atoms with E-state index >= 15 is 0 Å². The van der Waals surface area contributed by atoms with Crippen LogP contribution < -0.4 is 10.6 Å². The van der Waals surface area contributed by atoms with Gasteiger partial charge in [0.15, 0.2) is 0 Å². The summed E-state index contributed by atoms with van der Waals surface area (Å²) in [5.41, 5.74) is -0.0890. The first kappa shape index (κ1) is 15.0. The molecule has 1 aliphatic carbocycles. The number of nitrogens with one attached hydrogen (secondary N) is 2. The van der Waals surface area contributed by atoms with Crippen LogP contribution in [-0.4, -0.2) is 35.6 Å². The van der Waals surface area contributed by atoms with E-state index in [1.807, 2.05) is 20.8 Å². The highest BCUT2D eigenvalue weighted by atomic mass is 16.4. The molecule has 0 saturated heterocycles. The minimum absolute atomic E-state index is 0.0686. The van der Waals surface area contributed by atoms with Crippen LogP contribution in [0.1, 0.15) is 40.0 Å². The maximum absolute atomic E-state index is 11.6. The number of amides is 1. The van der Waals surface area contributed by atoms with Crippen molar-refractivity contribution in [2.75, 3.05) is 13.1 Å². The molecule has 1 fully saturated rings. The first-order valence-corrected chi connectivity index (χ1v) is 6.54. The average Bonchev–Trinajstić information content (AvgIpc) is 2.70. The van der Waals surface area contributed by atoms with Crippen LogP contribution >= 0.6 is 0 Å². The zero-order valence-electron chi connectivity index (χ0n) is 11.5. The molecule has 0 aliphatic heterocycles.